The summed E-state index contributed by atoms with van der Waals surface area (Å²) in [5.74, 6) is 0. The average Bonchev–Trinajstić information content (AvgIpc) is 2.81. The van der Waals surface area contributed by atoms with Gasteiger partial charge in [0.15, 0.2) is 5.11 Å². The molecule has 0 bridgehead atoms. The molecule has 0 atom stereocenters. The molecule has 0 aromatic carbocycles. The van der Waals surface area contributed by atoms with Gasteiger partial charge in [-0.15, -0.1) is 11.3 Å². The lowest BCUT2D eigenvalue weighted by Crippen LogP contribution is -2.48. The van der Waals surface area contributed by atoms with Gasteiger partial charge in [0.05, 0.1) is 0 Å². The fourth-order valence-corrected chi connectivity index (χ4v) is 3.07. The van der Waals surface area contributed by atoms with Crippen LogP contribution in [-0.4, -0.2) is 17.2 Å². The van der Waals surface area contributed by atoms with Crippen LogP contribution in [0.4, 0.5) is 0 Å². The van der Waals surface area contributed by atoms with Gasteiger partial charge in [0.1, 0.15) is 0 Å². The van der Waals surface area contributed by atoms with Crippen molar-refractivity contribution in [3.05, 3.63) is 22.4 Å². The fourth-order valence-electron chi connectivity index (χ4n) is 1.99. The summed E-state index contributed by atoms with van der Waals surface area (Å²) in [5.41, 5.74) is 0.0855. The molecule has 0 saturated carbocycles. The first-order valence-electron chi connectivity index (χ1n) is 7.12. The van der Waals surface area contributed by atoms with E-state index in [1.54, 1.807) is 11.3 Å². The number of thiophene rings is 1. The molecule has 0 amide bonds. The first kappa shape index (κ1) is 16.4. The summed E-state index contributed by atoms with van der Waals surface area (Å²) in [6, 6.07) is 4.25. The van der Waals surface area contributed by atoms with Gasteiger partial charge in [-0.2, -0.15) is 0 Å². The highest BCUT2D eigenvalue weighted by Gasteiger charge is 2.17. The molecule has 0 fully saturated rings. The Balaban J connectivity index is 2.18. The van der Waals surface area contributed by atoms with Gasteiger partial charge in [-0.1, -0.05) is 32.3 Å². The Morgan fingerprint density at radius 3 is 2.79 bits per heavy atom. The number of thiocarbonyl (C=S) groups is 1. The fraction of sp³-hybridized carbons (Fsp3) is 0.667. The van der Waals surface area contributed by atoms with E-state index in [0.29, 0.717) is 0 Å². The van der Waals surface area contributed by atoms with Gasteiger partial charge in [-0.3, -0.25) is 0 Å². The molecular weight excluding hydrogens is 272 g/mol. The third-order valence-electron chi connectivity index (χ3n) is 3.09. The summed E-state index contributed by atoms with van der Waals surface area (Å²) in [7, 11) is 0. The SMILES string of the molecule is CCCCCC(C)(C)NC(=S)NCCc1cccs1. The second kappa shape index (κ2) is 8.54. The van der Waals surface area contributed by atoms with E-state index in [4.69, 9.17) is 12.2 Å². The normalized spacial score (nSPS) is 11.3. The molecule has 108 valence electrons. The van der Waals surface area contributed by atoms with Crippen molar-refractivity contribution in [3.8, 4) is 0 Å². The summed E-state index contributed by atoms with van der Waals surface area (Å²) in [6.45, 7) is 7.57. The smallest absolute Gasteiger partial charge is 0.166 e. The lowest BCUT2D eigenvalue weighted by molar-refractivity contribution is 0.402. The average molecular weight is 299 g/mol. The van der Waals surface area contributed by atoms with Gasteiger partial charge in [0.2, 0.25) is 0 Å². The van der Waals surface area contributed by atoms with Gasteiger partial charge in [0, 0.05) is 17.0 Å². The Hall–Kier alpha value is -0.610. The first-order valence-corrected chi connectivity index (χ1v) is 8.40. The van der Waals surface area contributed by atoms with Gasteiger partial charge in [-0.25, -0.2) is 0 Å². The van der Waals surface area contributed by atoms with Crippen molar-refractivity contribution in [1.29, 1.82) is 0 Å². The first-order chi connectivity index (χ1) is 9.03. The van der Waals surface area contributed by atoms with Gasteiger partial charge >= 0.3 is 0 Å². The maximum atomic E-state index is 5.36. The zero-order chi connectivity index (χ0) is 14.1. The number of nitrogens with one attached hydrogen (secondary N) is 2. The maximum Gasteiger partial charge on any atom is 0.166 e. The minimum Gasteiger partial charge on any atom is -0.362 e. The van der Waals surface area contributed by atoms with E-state index in [1.807, 2.05) is 0 Å². The summed E-state index contributed by atoms with van der Waals surface area (Å²) < 4.78 is 0. The van der Waals surface area contributed by atoms with Crippen molar-refractivity contribution in [2.75, 3.05) is 6.54 Å². The molecule has 1 aromatic rings. The van der Waals surface area contributed by atoms with Crippen molar-refractivity contribution < 1.29 is 0 Å². The standard InChI is InChI=1S/C15H26N2S2/c1-4-5-6-10-15(2,3)17-14(18)16-11-9-13-8-7-12-19-13/h7-8,12H,4-6,9-11H2,1-3H3,(H2,16,17,18). The molecule has 0 unspecified atom stereocenters. The Bertz CT molecular complexity index is 358. The summed E-state index contributed by atoms with van der Waals surface area (Å²) in [6.07, 6.45) is 6.01. The third kappa shape index (κ3) is 7.53. The number of hydrogen-bond acceptors (Lipinski definition) is 2. The Labute approximate surface area is 127 Å². The van der Waals surface area contributed by atoms with E-state index in [2.05, 4.69) is 48.9 Å². The van der Waals surface area contributed by atoms with Crippen LogP contribution >= 0.6 is 23.6 Å². The second-order valence-electron chi connectivity index (χ2n) is 5.55. The lowest BCUT2D eigenvalue weighted by atomic mass is 9.97. The van der Waals surface area contributed by atoms with Crippen LogP contribution in [0.15, 0.2) is 17.5 Å². The monoisotopic (exact) mass is 298 g/mol. The molecule has 1 rings (SSSR count). The molecular formula is C15H26N2S2. The number of unbranched alkanes of at least 4 members (excludes halogenated alkanes) is 2. The van der Waals surface area contributed by atoms with Crippen LogP contribution in [0.25, 0.3) is 0 Å². The van der Waals surface area contributed by atoms with E-state index < -0.39 is 0 Å². The van der Waals surface area contributed by atoms with Crippen LogP contribution in [0.3, 0.4) is 0 Å². The van der Waals surface area contributed by atoms with Crippen molar-refractivity contribution >= 4 is 28.7 Å². The van der Waals surface area contributed by atoms with Crippen molar-refractivity contribution in [2.24, 2.45) is 0 Å². The van der Waals surface area contributed by atoms with E-state index in [1.165, 1.54) is 24.1 Å². The molecule has 2 nitrogen and oxygen atoms in total. The molecule has 0 radical (unpaired) electrons. The topological polar surface area (TPSA) is 24.1 Å². The Morgan fingerprint density at radius 1 is 1.37 bits per heavy atom. The minimum atomic E-state index is 0.0855. The zero-order valence-electron chi connectivity index (χ0n) is 12.3. The predicted octanol–water partition coefficient (Wildman–Crippen LogP) is 4.11. The summed E-state index contributed by atoms with van der Waals surface area (Å²) in [5, 5.41) is 9.60. The van der Waals surface area contributed by atoms with Crippen LogP contribution in [-0.2, 0) is 6.42 Å². The quantitative estimate of drug-likeness (QED) is 0.558. The second-order valence-corrected chi connectivity index (χ2v) is 6.99. The number of rotatable bonds is 8. The highest BCUT2D eigenvalue weighted by molar-refractivity contribution is 7.80. The van der Waals surface area contributed by atoms with E-state index >= 15 is 0 Å². The van der Waals surface area contributed by atoms with E-state index in [-0.39, 0.29) is 5.54 Å². The Morgan fingerprint density at radius 2 is 2.16 bits per heavy atom. The van der Waals surface area contributed by atoms with Crippen LogP contribution in [0.1, 0.15) is 51.3 Å². The molecule has 4 heteroatoms. The highest BCUT2D eigenvalue weighted by Crippen LogP contribution is 2.13. The molecule has 19 heavy (non-hydrogen) atoms. The van der Waals surface area contributed by atoms with Gasteiger partial charge in [-0.05, 0) is 50.4 Å². The summed E-state index contributed by atoms with van der Waals surface area (Å²) >= 11 is 7.15. The van der Waals surface area contributed by atoms with E-state index in [0.717, 1.165) is 24.5 Å². The molecule has 2 N–H and O–H groups in total. The molecule has 1 heterocycles. The highest BCUT2D eigenvalue weighted by atomic mass is 32.1. The van der Waals surface area contributed by atoms with E-state index in [9.17, 15) is 0 Å². The third-order valence-corrected chi connectivity index (χ3v) is 4.28. The van der Waals surface area contributed by atoms with Crippen LogP contribution in [0.2, 0.25) is 0 Å². The van der Waals surface area contributed by atoms with Crippen molar-refractivity contribution in [3.63, 3.8) is 0 Å². The lowest BCUT2D eigenvalue weighted by Gasteiger charge is -2.28. The van der Waals surface area contributed by atoms with Crippen LogP contribution in [0.5, 0.6) is 0 Å². The van der Waals surface area contributed by atoms with Crippen molar-refractivity contribution in [2.45, 2.75) is 58.4 Å². The number of hydrogen-bond donors (Lipinski definition) is 2. The predicted molar refractivity (Wildman–Crippen MR) is 90.0 cm³/mol. The Kier molecular flexibility index (Phi) is 7.39. The molecule has 0 saturated heterocycles. The molecule has 0 aliphatic heterocycles. The molecule has 0 spiro atoms. The molecule has 0 aliphatic rings. The van der Waals surface area contributed by atoms with Gasteiger partial charge in [0.25, 0.3) is 0 Å². The van der Waals surface area contributed by atoms with Crippen LogP contribution in [0, 0.1) is 0 Å². The largest absolute Gasteiger partial charge is 0.362 e. The van der Waals surface area contributed by atoms with Gasteiger partial charge < -0.3 is 10.6 Å². The molecule has 1 aromatic heterocycles. The summed E-state index contributed by atoms with van der Waals surface area (Å²) in [4.78, 5) is 1.40. The maximum absolute atomic E-state index is 5.36. The molecule has 0 aliphatic carbocycles. The van der Waals surface area contributed by atoms with Crippen molar-refractivity contribution in [1.82, 2.24) is 10.6 Å². The van der Waals surface area contributed by atoms with Crippen LogP contribution < -0.4 is 10.6 Å². The minimum absolute atomic E-state index is 0.0855. The zero-order valence-corrected chi connectivity index (χ0v) is 13.9.